The number of ether oxygens (including phenoxy) is 1. The Labute approximate surface area is 167 Å². The summed E-state index contributed by atoms with van der Waals surface area (Å²) in [6, 6.07) is 13.2. The molecule has 1 aliphatic heterocycles. The predicted octanol–water partition coefficient (Wildman–Crippen LogP) is 2.77. The van der Waals surface area contributed by atoms with E-state index in [1.165, 1.54) is 22.9 Å². The van der Waals surface area contributed by atoms with Crippen molar-refractivity contribution < 1.29 is 22.3 Å². The number of hydrogen-bond acceptors (Lipinski definition) is 5. The molecule has 2 aromatic carbocycles. The molecule has 0 unspecified atom stereocenters. The maximum absolute atomic E-state index is 13.7. The van der Waals surface area contributed by atoms with Gasteiger partial charge in [-0.05, 0) is 30.7 Å². The third kappa shape index (κ3) is 3.86. The first-order valence-corrected chi connectivity index (χ1v) is 10.7. The lowest BCUT2D eigenvalue weighted by atomic mass is 10.2. The van der Waals surface area contributed by atoms with E-state index in [1.54, 1.807) is 6.07 Å². The summed E-state index contributed by atoms with van der Waals surface area (Å²) in [5, 5.41) is 7.12. The number of anilines is 1. The highest BCUT2D eigenvalue weighted by Gasteiger charge is 2.33. The first-order chi connectivity index (χ1) is 13.8. The third-order valence-corrected chi connectivity index (χ3v) is 6.03. The van der Waals surface area contributed by atoms with E-state index in [0.717, 1.165) is 11.3 Å². The molecule has 0 saturated carbocycles. The van der Waals surface area contributed by atoms with Crippen LogP contribution in [0.3, 0.4) is 0 Å². The molecule has 1 amide bonds. The van der Waals surface area contributed by atoms with E-state index in [1.807, 2.05) is 31.2 Å². The van der Waals surface area contributed by atoms with Gasteiger partial charge in [-0.15, -0.1) is 0 Å². The molecule has 3 aromatic rings. The monoisotopic (exact) mass is 415 g/mol. The smallest absolute Gasteiger partial charge is 0.263 e. The Kier molecular flexibility index (Phi) is 4.83. The molecule has 7 nitrogen and oxygen atoms in total. The number of sulfone groups is 1. The summed E-state index contributed by atoms with van der Waals surface area (Å²) in [4.78, 5) is 12.5. The highest BCUT2D eigenvalue weighted by molar-refractivity contribution is 7.90. The molecule has 1 aliphatic rings. The van der Waals surface area contributed by atoms with Gasteiger partial charge >= 0.3 is 0 Å². The largest absolute Gasteiger partial charge is 0.481 e. The van der Waals surface area contributed by atoms with E-state index in [0.29, 0.717) is 11.3 Å². The maximum Gasteiger partial charge on any atom is 0.263 e. The van der Waals surface area contributed by atoms with Crippen LogP contribution < -0.4 is 10.1 Å². The van der Waals surface area contributed by atoms with Gasteiger partial charge in [0.1, 0.15) is 5.82 Å². The van der Waals surface area contributed by atoms with Crippen LogP contribution in [0.4, 0.5) is 10.2 Å². The molecule has 0 aliphatic carbocycles. The van der Waals surface area contributed by atoms with E-state index < -0.39 is 28.2 Å². The van der Waals surface area contributed by atoms with Crippen molar-refractivity contribution in [3.05, 3.63) is 71.2 Å². The first kappa shape index (κ1) is 19.1. The van der Waals surface area contributed by atoms with Gasteiger partial charge < -0.3 is 10.1 Å². The number of carbonyl (C=O) groups is 1. The predicted molar refractivity (Wildman–Crippen MR) is 105 cm³/mol. The van der Waals surface area contributed by atoms with Gasteiger partial charge in [0.15, 0.2) is 28.0 Å². The summed E-state index contributed by atoms with van der Waals surface area (Å²) < 4.78 is 44.5. The van der Waals surface area contributed by atoms with Gasteiger partial charge in [-0.1, -0.05) is 30.3 Å². The molecule has 1 aromatic heterocycles. The minimum Gasteiger partial charge on any atom is -0.481 e. The highest BCUT2D eigenvalue weighted by atomic mass is 32.2. The van der Waals surface area contributed by atoms with Crippen LogP contribution in [0.5, 0.6) is 5.75 Å². The minimum atomic E-state index is -3.30. The summed E-state index contributed by atoms with van der Waals surface area (Å²) in [6.45, 7) is 1.47. The normalized spacial score (nSPS) is 14.4. The lowest BCUT2D eigenvalue weighted by Crippen LogP contribution is -2.23. The lowest BCUT2D eigenvalue weighted by molar-refractivity contribution is -0.118. The van der Waals surface area contributed by atoms with Crippen molar-refractivity contribution >= 4 is 21.6 Å². The van der Waals surface area contributed by atoms with Crippen LogP contribution in [0, 0.1) is 12.7 Å². The molecule has 0 spiro atoms. The topological polar surface area (TPSA) is 90.3 Å². The van der Waals surface area contributed by atoms with Gasteiger partial charge in [0.2, 0.25) is 0 Å². The average Bonchev–Trinajstić information content (AvgIpc) is 3.14. The Morgan fingerprint density at radius 1 is 1.17 bits per heavy atom. The first-order valence-electron chi connectivity index (χ1n) is 8.88. The summed E-state index contributed by atoms with van der Waals surface area (Å²) in [5.41, 5.74) is 2.52. The Morgan fingerprint density at radius 3 is 2.66 bits per heavy atom. The summed E-state index contributed by atoms with van der Waals surface area (Å²) in [5.74, 6) is -1.24. The van der Waals surface area contributed by atoms with Crippen molar-refractivity contribution in [3.8, 4) is 11.4 Å². The Morgan fingerprint density at radius 2 is 1.90 bits per heavy atom. The standard InChI is InChI=1S/C20H18FN3O4S/c1-13-6-2-4-8-17(13)24-20(14-11-29(26,27)12-16(14)23-24)22-19(25)10-28-18-9-5-3-7-15(18)21/h2-9H,10-12H2,1H3,(H,22,25). The van der Waals surface area contributed by atoms with E-state index in [2.05, 4.69) is 10.4 Å². The fourth-order valence-electron chi connectivity index (χ4n) is 3.22. The molecule has 0 bridgehead atoms. The number of rotatable bonds is 5. The van der Waals surface area contributed by atoms with Gasteiger partial charge in [0, 0.05) is 5.56 Å². The molecule has 9 heteroatoms. The Hall–Kier alpha value is -3.20. The van der Waals surface area contributed by atoms with Gasteiger partial charge in [0.25, 0.3) is 5.91 Å². The van der Waals surface area contributed by atoms with Crippen LogP contribution in [0.2, 0.25) is 0 Å². The molecule has 0 radical (unpaired) electrons. The molecule has 0 saturated heterocycles. The van der Waals surface area contributed by atoms with E-state index >= 15 is 0 Å². The highest BCUT2D eigenvalue weighted by Crippen LogP contribution is 2.33. The van der Waals surface area contributed by atoms with Crippen LogP contribution in [-0.2, 0) is 26.1 Å². The molecular weight excluding hydrogens is 397 g/mol. The zero-order valence-corrected chi connectivity index (χ0v) is 16.4. The summed E-state index contributed by atoms with van der Waals surface area (Å²) in [6.07, 6.45) is 0. The second kappa shape index (κ2) is 7.32. The zero-order chi connectivity index (χ0) is 20.6. The minimum absolute atomic E-state index is 0.0390. The summed E-state index contributed by atoms with van der Waals surface area (Å²) in [7, 11) is -3.30. The number of aromatic nitrogens is 2. The van der Waals surface area contributed by atoms with Gasteiger partial charge in [0.05, 0.1) is 22.9 Å². The van der Waals surface area contributed by atoms with Crippen LogP contribution in [-0.4, -0.2) is 30.7 Å². The molecule has 29 heavy (non-hydrogen) atoms. The number of carbonyl (C=O) groups excluding carboxylic acids is 1. The van der Waals surface area contributed by atoms with E-state index in [9.17, 15) is 17.6 Å². The van der Waals surface area contributed by atoms with Crippen LogP contribution in [0.25, 0.3) is 5.69 Å². The number of halogens is 1. The maximum atomic E-state index is 13.7. The van der Waals surface area contributed by atoms with Crippen LogP contribution in [0.15, 0.2) is 48.5 Å². The molecule has 4 rings (SSSR count). The number of nitrogens with one attached hydrogen (secondary N) is 1. The van der Waals surface area contributed by atoms with Gasteiger partial charge in [-0.2, -0.15) is 5.10 Å². The van der Waals surface area contributed by atoms with Crippen LogP contribution >= 0.6 is 0 Å². The molecule has 2 heterocycles. The van der Waals surface area contributed by atoms with Crippen molar-refractivity contribution in [2.24, 2.45) is 0 Å². The Bertz CT molecular complexity index is 1200. The van der Waals surface area contributed by atoms with Gasteiger partial charge in [-0.25, -0.2) is 17.5 Å². The second-order valence-electron chi connectivity index (χ2n) is 6.77. The second-order valence-corrected chi connectivity index (χ2v) is 8.84. The zero-order valence-electron chi connectivity index (χ0n) is 15.6. The van der Waals surface area contributed by atoms with Crippen molar-refractivity contribution in [1.82, 2.24) is 9.78 Å². The number of benzene rings is 2. The molecular formula is C20H18FN3O4S. The number of amides is 1. The quantitative estimate of drug-likeness (QED) is 0.692. The summed E-state index contributed by atoms with van der Waals surface area (Å²) >= 11 is 0. The number of hydrogen-bond donors (Lipinski definition) is 1. The van der Waals surface area contributed by atoms with E-state index in [-0.39, 0.29) is 23.1 Å². The van der Waals surface area contributed by atoms with Gasteiger partial charge in [-0.3, -0.25) is 4.79 Å². The fraction of sp³-hybridized carbons (Fsp3) is 0.200. The lowest BCUT2D eigenvalue weighted by Gasteiger charge is -2.13. The Balaban J connectivity index is 1.63. The van der Waals surface area contributed by atoms with Crippen molar-refractivity contribution in [3.63, 3.8) is 0 Å². The van der Waals surface area contributed by atoms with Crippen molar-refractivity contribution in [2.75, 3.05) is 11.9 Å². The number of fused-ring (bicyclic) bond motifs is 1. The van der Waals surface area contributed by atoms with Crippen LogP contribution in [0.1, 0.15) is 16.8 Å². The van der Waals surface area contributed by atoms with E-state index in [4.69, 9.17) is 4.74 Å². The molecule has 1 N–H and O–H groups in total. The third-order valence-electron chi connectivity index (χ3n) is 4.58. The molecule has 150 valence electrons. The number of aryl methyl sites for hydroxylation is 1. The SMILES string of the molecule is Cc1ccccc1-n1nc2c(c1NC(=O)COc1ccccc1F)CS(=O)(=O)C2. The molecule has 0 atom stereocenters. The number of nitrogens with zero attached hydrogens (tertiary/aromatic N) is 2. The fourth-order valence-corrected chi connectivity index (χ4v) is 4.71. The molecule has 0 fully saturated rings. The van der Waals surface area contributed by atoms with Crippen molar-refractivity contribution in [2.45, 2.75) is 18.4 Å². The average molecular weight is 415 g/mol. The number of para-hydroxylation sites is 2. The van der Waals surface area contributed by atoms with Crippen molar-refractivity contribution in [1.29, 1.82) is 0 Å².